The minimum atomic E-state index is 0.223. The van der Waals surface area contributed by atoms with E-state index in [0.717, 1.165) is 12.0 Å². The van der Waals surface area contributed by atoms with Gasteiger partial charge in [-0.15, -0.1) is 0 Å². The third-order valence-corrected chi connectivity index (χ3v) is 1.96. The largest absolute Gasteiger partial charge is 0.493 e. The molecule has 0 amide bonds. The summed E-state index contributed by atoms with van der Waals surface area (Å²) >= 11 is 0. The van der Waals surface area contributed by atoms with Crippen LogP contribution in [0.4, 0.5) is 0 Å². The lowest BCUT2D eigenvalue weighted by Gasteiger charge is -2.07. The van der Waals surface area contributed by atoms with E-state index in [1.54, 1.807) is 10.9 Å². The van der Waals surface area contributed by atoms with Gasteiger partial charge >= 0.3 is 0 Å². The lowest BCUT2D eigenvalue weighted by Crippen LogP contribution is -2.02. The second kappa shape index (κ2) is 3.81. The Labute approximate surface area is 79.4 Å². The van der Waals surface area contributed by atoms with Crippen LogP contribution in [0.15, 0.2) is 6.20 Å². The fraction of sp³-hybridized carbons (Fsp3) is 0.700. The van der Waals surface area contributed by atoms with Crippen LogP contribution in [-0.2, 0) is 6.42 Å². The van der Waals surface area contributed by atoms with Crippen molar-refractivity contribution in [2.75, 3.05) is 0 Å². The monoisotopic (exact) mass is 182 g/mol. The molecule has 3 nitrogen and oxygen atoms in total. The summed E-state index contributed by atoms with van der Waals surface area (Å²) in [5, 5.41) is 13.9. The SMILES string of the molecule is CC(C)Cc1cnn(C(C)C)c1O. The van der Waals surface area contributed by atoms with Gasteiger partial charge < -0.3 is 5.11 Å². The molecule has 0 spiro atoms. The number of aromatic nitrogens is 2. The average Bonchev–Trinajstić information content (AvgIpc) is 2.32. The van der Waals surface area contributed by atoms with E-state index in [-0.39, 0.29) is 6.04 Å². The first kappa shape index (κ1) is 10.1. The smallest absolute Gasteiger partial charge is 0.212 e. The lowest BCUT2D eigenvalue weighted by atomic mass is 10.1. The number of hydrogen-bond acceptors (Lipinski definition) is 2. The summed E-state index contributed by atoms with van der Waals surface area (Å²) < 4.78 is 1.65. The van der Waals surface area contributed by atoms with Gasteiger partial charge in [0.2, 0.25) is 5.88 Å². The third kappa shape index (κ3) is 2.23. The first-order chi connectivity index (χ1) is 6.02. The maximum atomic E-state index is 9.75. The third-order valence-electron chi connectivity index (χ3n) is 1.96. The first-order valence-electron chi connectivity index (χ1n) is 4.77. The van der Waals surface area contributed by atoms with Crippen molar-refractivity contribution in [2.45, 2.75) is 40.2 Å². The van der Waals surface area contributed by atoms with Crippen LogP contribution in [0.2, 0.25) is 0 Å². The lowest BCUT2D eigenvalue weighted by molar-refractivity contribution is 0.372. The molecule has 74 valence electrons. The van der Waals surface area contributed by atoms with Crippen LogP contribution in [0.1, 0.15) is 39.3 Å². The summed E-state index contributed by atoms with van der Waals surface area (Å²) in [6.45, 7) is 8.27. The molecule has 1 heterocycles. The minimum absolute atomic E-state index is 0.223. The Hall–Kier alpha value is -0.990. The zero-order valence-electron chi connectivity index (χ0n) is 8.78. The Bertz CT molecular complexity index is 276. The van der Waals surface area contributed by atoms with Crippen LogP contribution >= 0.6 is 0 Å². The van der Waals surface area contributed by atoms with E-state index in [4.69, 9.17) is 0 Å². The van der Waals surface area contributed by atoms with Gasteiger partial charge in [0.05, 0.1) is 12.2 Å². The Morgan fingerprint density at radius 2 is 2.00 bits per heavy atom. The average molecular weight is 182 g/mol. The van der Waals surface area contributed by atoms with Crippen molar-refractivity contribution >= 4 is 0 Å². The minimum Gasteiger partial charge on any atom is -0.493 e. The van der Waals surface area contributed by atoms with Gasteiger partial charge in [-0.1, -0.05) is 13.8 Å². The summed E-state index contributed by atoms with van der Waals surface area (Å²) in [4.78, 5) is 0. The molecule has 1 rings (SSSR count). The zero-order valence-corrected chi connectivity index (χ0v) is 8.78. The molecule has 0 radical (unpaired) electrons. The fourth-order valence-corrected chi connectivity index (χ4v) is 1.35. The molecule has 3 heteroatoms. The number of nitrogens with zero attached hydrogens (tertiary/aromatic N) is 2. The van der Waals surface area contributed by atoms with Crippen LogP contribution < -0.4 is 0 Å². The molecule has 0 fully saturated rings. The Kier molecular flexibility index (Phi) is 2.96. The molecule has 0 aliphatic rings. The van der Waals surface area contributed by atoms with E-state index in [0.29, 0.717) is 11.8 Å². The van der Waals surface area contributed by atoms with Crippen molar-refractivity contribution in [3.05, 3.63) is 11.8 Å². The molecule has 1 aromatic rings. The Balaban J connectivity index is 2.86. The van der Waals surface area contributed by atoms with Gasteiger partial charge in [-0.3, -0.25) is 0 Å². The first-order valence-corrected chi connectivity index (χ1v) is 4.77. The zero-order chi connectivity index (χ0) is 10.0. The second-order valence-electron chi connectivity index (χ2n) is 4.13. The van der Waals surface area contributed by atoms with E-state index in [2.05, 4.69) is 18.9 Å². The highest BCUT2D eigenvalue weighted by molar-refractivity contribution is 5.23. The number of rotatable bonds is 3. The molecule has 1 N–H and O–H groups in total. The van der Waals surface area contributed by atoms with Crippen LogP contribution in [0, 0.1) is 5.92 Å². The molecule has 0 atom stereocenters. The van der Waals surface area contributed by atoms with Gasteiger partial charge in [0.1, 0.15) is 0 Å². The highest BCUT2D eigenvalue weighted by atomic mass is 16.3. The molecule has 0 aliphatic heterocycles. The summed E-state index contributed by atoms with van der Waals surface area (Å²) in [6.07, 6.45) is 2.65. The standard InChI is InChI=1S/C10H18N2O/c1-7(2)5-9-6-11-12(8(3)4)10(9)13/h6-8,13H,5H2,1-4H3. The highest BCUT2D eigenvalue weighted by Crippen LogP contribution is 2.22. The molecule has 13 heavy (non-hydrogen) atoms. The van der Waals surface area contributed by atoms with Crippen molar-refractivity contribution in [1.29, 1.82) is 0 Å². The van der Waals surface area contributed by atoms with Crippen LogP contribution in [-0.4, -0.2) is 14.9 Å². The predicted molar refractivity (Wildman–Crippen MR) is 52.8 cm³/mol. The quantitative estimate of drug-likeness (QED) is 0.779. The fourth-order valence-electron chi connectivity index (χ4n) is 1.35. The molecule has 0 aromatic carbocycles. The van der Waals surface area contributed by atoms with E-state index < -0.39 is 0 Å². The van der Waals surface area contributed by atoms with Gasteiger partial charge in [-0.05, 0) is 26.2 Å². The second-order valence-corrected chi connectivity index (χ2v) is 4.13. The number of hydrogen-bond donors (Lipinski definition) is 1. The van der Waals surface area contributed by atoms with Crippen molar-refractivity contribution in [2.24, 2.45) is 5.92 Å². The van der Waals surface area contributed by atoms with E-state index in [9.17, 15) is 5.11 Å². The number of aromatic hydroxyl groups is 1. The summed E-state index contributed by atoms with van der Waals surface area (Å²) in [5.41, 5.74) is 0.948. The van der Waals surface area contributed by atoms with Gasteiger partial charge in [-0.2, -0.15) is 5.10 Å². The molecule has 1 aromatic heterocycles. The predicted octanol–water partition coefficient (Wildman–Crippen LogP) is 2.37. The van der Waals surface area contributed by atoms with Crippen molar-refractivity contribution < 1.29 is 5.11 Å². The van der Waals surface area contributed by atoms with Crippen molar-refractivity contribution in [1.82, 2.24) is 9.78 Å². The molecular formula is C10H18N2O. The molecule has 0 saturated carbocycles. The van der Waals surface area contributed by atoms with Crippen LogP contribution in [0.3, 0.4) is 0 Å². The van der Waals surface area contributed by atoms with Crippen LogP contribution in [0.5, 0.6) is 5.88 Å². The molecule has 0 unspecified atom stereocenters. The molecule has 0 aliphatic carbocycles. The van der Waals surface area contributed by atoms with E-state index in [1.165, 1.54) is 0 Å². The topological polar surface area (TPSA) is 38.0 Å². The van der Waals surface area contributed by atoms with Gasteiger partial charge in [0.15, 0.2) is 0 Å². The molecule has 0 saturated heterocycles. The van der Waals surface area contributed by atoms with Crippen molar-refractivity contribution in [3.63, 3.8) is 0 Å². The van der Waals surface area contributed by atoms with Gasteiger partial charge in [-0.25, -0.2) is 4.68 Å². The maximum Gasteiger partial charge on any atom is 0.212 e. The van der Waals surface area contributed by atoms with Gasteiger partial charge in [0, 0.05) is 5.56 Å². The van der Waals surface area contributed by atoms with E-state index >= 15 is 0 Å². The van der Waals surface area contributed by atoms with Gasteiger partial charge in [0.25, 0.3) is 0 Å². The molecule has 0 bridgehead atoms. The van der Waals surface area contributed by atoms with E-state index in [1.807, 2.05) is 13.8 Å². The van der Waals surface area contributed by atoms with Crippen molar-refractivity contribution in [3.8, 4) is 5.88 Å². The maximum absolute atomic E-state index is 9.75. The molecular weight excluding hydrogens is 164 g/mol. The Morgan fingerprint density at radius 1 is 1.38 bits per heavy atom. The summed E-state index contributed by atoms with van der Waals surface area (Å²) in [7, 11) is 0. The van der Waals surface area contributed by atoms with Crippen LogP contribution in [0.25, 0.3) is 0 Å². The Morgan fingerprint density at radius 3 is 2.38 bits per heavy atom. The normalized spacial score (nSPS) is 11.5. The summed E-state index contributed by atoms with van der Waals surface area (Å²) in [6, 6.07) is 0.223. The summed E-state index contributed by atoms with van der Waals surface area (Å²) in [5.74, 6) is 0.874. The highest BCUT2D eigenvalue weighted by Gasteiger charge is 2.12.